The van der Waals surface area contributed by atoms with Crippen molar-refractivity contribution in [1.29, 1.82) is 0 Å². The summed E-state index contributed by atoms with van der Waals surface area (Å²) in [6.07, 6.45) is 0.952. The topological polar surface area (TPSA) is 63.8 Å². The van der Waals surface area contributed by atoms with Crippen LogP contribution in [0.3, 0.4) is 0 Å². The van der Waals surface area contributed by atoms with E-state index in [2.05, 4.69) is 24.0 Å². The maximum absolute atomic E-state index is 13.3. The molecular formula is C28H34N2O4. The molecule has 0 aliphatic carbocycles. The van der Waals surface area contributed by atoms with Crippen molar-refractivity contribution in [3.05, 3.63) is 59.2 Å². The van der Waals surface area contributed by atoms with Gasteiger partial charge in [-0.2, -0.15) is 0 Å². The summed E-state index contributed by atoms with van der Waals surface area (Å²) in [6.45, 7) is 9.29. The number of hydrogen-bond acceptors (Lipinski definition) is 4. The molecule has 3 aromatic rings. The van der Waals surface area contributed by atoms with Crippen LogP contribution in [0.25, 0.3) is 22.2 Å². The highest BCUT2D eigenvalue weighted by molar-refractivity contribution is 6.00. The number of nitrogens with one attached hydrogen (secondary N) is 1. The maximum atomic E-state index is 13.3. The smallest absolute Gasteiger partial charge is 0.250 e. The number of ether oxygens (including phenoxy) is 3. The summed E-state index contributed by atoms with van der Waals surface area (Å²) < 4.78 is 17.0. The fourth-order valence-electron chi connectivity index (χ4n) is 4.77. The molecule has 1 amide bonds. The zero-order chi connectivity index (χ0) is 24.4. The number of rotatable bonds is 9. The Labute approximate surface area is 201 Å². The van der Waals surface area contributed by atoms with Crippen molar-refractivity contribution in [1.82, 2.24) is 9.88 Å². The number of fused-ring (bicyclic) bond motifs is 1. The second kappa shape index (κ2) is 9.94. The number of para-hydroxylation sites is 1. The van der Waals surface area contributed by atoms with E-state index in [1.54, 1.807) is 14.2 Å². The van der Waals surface area contributed by atoms with E-state index in [1.807, 2.05) is 56.0 Å². The lowest BCUT2D eigenvalue weighted by molar-refractivity contribution is -0.127. The van der Waals surface area contributed by atoms with E-state index in [1.165, 1.54) is 0 Å². The number of amides is 1. The van der Waals surface area contributed by atoms with Crippen molar-refractivity contribution < 1.29 is 19.0 Å². The van der Waals surface area contributed by atoms with Crippen LogP contribution in [0.15, 0.2) is 53.6 Å². The molecule has 34 heavy (non-hydrogen) atoms. The van der Waals surface area contributed by atoms with E-state index in [0.717, 1.165) is 56.8 Å². The van der Waals surface area contributed by atoms with E-state index >= 15 is 0 Å². The standard InChI is InChI=1S/C28H34N2O4/c1-17(2)34-15-9-14-30-27(18(3)19(4)28(30)31)25-21-10-7-8-11-23(21)29-26(25)22-16-20(32-5)12-13-24(22)33-6/h7-8,10-13,16-17,27,29H,9,14-15H2,1-6H3/t27-/m1/s1. The number of nitrogens with zero attached hydrogens (tertiary/aromatic N) is 1. The molecule has 0 fully saturated rings. The van der Waals surface area contributed by atoms with Gasteiger partial charge in [0, 0.05) is 40.8 Å². The third-order valence-corrected chi connectivity index (χ3v) is 6.59. The van der Waals surface area contributed by atoms with Crippen LogP contribution in [-0.4, -0.2) is 49.3 Å². The first-order valence-electron chi connectivity index (χ1n) is 11.8. The Morgan fingerprint density at radius 2 is 1.82 bits per heavy atom. The first kappa shape index (κ1) is 23.9. The van der Waals surface area contributed by atoms with Crippen molar-refractivity contribution in [2.24, 2.45) is 0 Å². The first-order valence-corrected chi connectivity index (χ1v) is 11.8. The number of carbonyl (C=O) groups excluding carboxylic acids is 1. The van der Waals surface area contributed by atoms with Crippen LogP contribution in [0.4, 0.5) is 0 Å². The monoisotopic (exact) mass is 462 g/mol. The number of H-pyrrole nitrogens is 1. The van der Waals surface area contributed by atoms with E-state index in [-0.39, 0.29) is 18.1 Å². The Morgan fingerprint density at radius 3 is 2.53 bits per heavy atom. The van der Waals surface area contributed by atoms with Crippen LogP contribution in [0.5, 0.6) is 11.5 Å². The minimum absolute atomic E-state index is 0.0842. The predicted octanol–water partition coefficient (Wildman–Crippen LogP) is 5.89. The third kappa shape index (κ3) is 4.30. The van der Waals surface area contributed by atoms with Gasteiger partial charge in [0.25, 0.3) is 0 Å². The zero-order valence-corrected chi connectivity index (χ0v) is 20.9. The van der Waals surface area contributed by atoms with Gasteiger partial charge in [-0.15, -0.1) is 0 Å². The van der Waals surface area contributed by atoms with Crippen molar-refractivity contribution >= 4 is 16.8 Å². The molecule has 1 aromatic heterocycles. The van der Waals surface area contributed by atoms with Gasteiger partial charge in [0.1, 0.15) is 11.5 Å². The highest BCUT2D eigenvalue weighted by atomic mass is 16.5. The number of aromatic amines is 1. The third-order valence-electron chi connectivity index (χ3n) is 6.59. The summed E-state index contributed by atoms with van der Waals surface area (Å²) in [4.78, 5) is 18.9. The van der Waals surface area contributed by atoms with Gasteiger partial charge in [0.15, 0.2) is 0 Å². The molecule has 2 heterocycles. The Kier molecular flexibility index (Phi) is 6.98. The quantitative estimate of drug-likeness (QED) is 0.403. The number of carbonyl (C=O) groups is 1. The van der Waals surface area contributed by atoms with E-state index in [0.29, 0.717) is 13.2 Å². The van der Waals surface area contributed by atoms with Gasteiger partial charge in [-0.1, -0.05) is 18.2 Å². The van der Waals surface area contributed by atoms with Crippen LogP contribution in [-0.2, 0) is 9.53 Å². The fourth-order valence-corrected chi connectivity index (χ4v) is 4.77. The Hall–Kier alpha value is -3.25. The highest BCUT2D eigenvalue weighted by Gasteiger charge is 2.38. The molecule has 1 N–H and O–H groups in total. The van der Waals surface area contributed by atoms with Crippen LogP contribution < -0.4 is 9.47 Å². The van der Waals surface area contributed by atoms with Crippen LogP contribution in [0, 0.1) is 0 Å². The highest BCUT2D eigenvalue weighted by Crippen LogP contribution is 2.47. The van der Waals surface area contributed by atoms with Gasteiger partial charge in [0.05, 0.1) is 32.1 Å². The fraction of sp³-hybridized carbons (Fsp3) is 0.393. The number of methoxy groups -OCH3 is 2. The lowest BCUT2D eigenvalue weighted by Gasteiger charge is -2.28. The van der Waals surface area contributed by atoms with Gasteiger partial charge in [-0.25, -0.2) is 0 Å². The van der Waals surface area contributed by atoms with E-state index < -0.39 is 0 Å². The van der Waals surface area contributed by atoms with E-state index in [4.69, 9.17) is 14.2 Å². The molecule has 0 spiro atoms. The van der Waals surface area contributed by atoms with Gasteiger partial charge < -0.3 is 24.1 Å². The van der Waals surface area contributed by atoms with Crippen LogP contribution in [0.1, 0.15) is 45.7 Å². The summed E-state index contributed by atoms with van der Waals surface area (Å²) in [5, 5.41) is 1.10. The number of aromatic nitrogens is 1. The summed E-state index contributed by atoms with van der Waals surface area (Å²) in [5.41, 5.74) is 5.82. The van der Waals surface area contributed by atoms with Crippen molar-refractivity contribution in [3.63, 3.8) is 0 Å². The molecule has 1 atom stereocenters. The normalized spacial score (nSPS) is 16.3. The zero-order valence-electron chi connectivity index (χ0n) is 20.9. The molecule has 1 aliphatic heterocycles. The summed E-state index contributed by atoms with van der Waals surface area (Å²) in [6, 6.07) is 13.9. The molecule has 0 saturated heterocycles. The largest absolute Gasteiger partial charge is 0.497 e. The molecule has 0 bridgehead atoms. The van der Waals surface area contributed by atoms with Gasteiger partial charge in [-0.05, 0) is 64.0 Å². The number of benzene rings is 2. The van der Waals surface area contributed by atoms with Crippen molar-refractivity contribution in [2.75, 3.05) is 27.4 Å². The lowest BCUT2D eigenvalue weighted by Crippen LogP contribution is -2.32. The summed E-state index contributed by atoms with van der Waals surface area (Å²) in [5.74, 6) is 1.57. The van der Waals surface area contributed by atoms with Crippen LogP contribution >= 0.6 is 0 Å². The van der Waals surface area contributed by atoms with Gasteiger partial charge in [0.2, 0.25) is 5.91 Å². The predicted molar refractivity (Wildman–Crippen MR) is 135 cm³/mol. The molecule has 4 rings (SSSR count). The maximum Gasteiger partial charge on any atom is 0.250 e. The number of hydrogen-bond donors (Lipinski definition) is 1. The molecule has 6 nitrogen and oxygen atoms in total. The van der Waals surface area contributed by atoms with E-state index in [9.17, 15) is 4.79 Å². The average molecular weight is 463 g/mol. The minimum atomic E-state index is -0.173. The average Bonchev–Trinajstić information content (AvgIpc) is 3.31. The SMILES string of the molecule is COc1ccc(OC)c(-c2[nH]c3ccccc3c2[C@H]2C(C)=C(C)C(=O)N2CCCOC(C)C)c1. The van der Waals surface area contributed by atoms with Gasteiger partial charge >= 0.3 is 0 Å². The lowest BCUT2D eigenvalue weighted by atomic mass is 9.93. The molecule has 0 saturated carbocycles. The minimum Gasteiger partial charge on any atom is -0.497 e. The Balaban J connectivity index is 1.87. The summed E-state index contributed by atoms with van der Waals surface area (Å²) in [7, 11) is 3.33. The van der Waals surface area contributed by atoms with Crippen molar-refractivity contribution in [3.8, 4) is 22.8 Å². The first-order chi connectivity index (χ1) is 16.4. The Morgan fingerprint density at radius 1 is 1.06 bits per heavy atom. The second-order valence-electron chi connectivity index (χ2n) is 9.01. The molecule has 180 valence electrons. The molecular weight excluding hydrogens is 428 g/mol. The van der Waals surface area contributed by atoms with Crippen LogP contribution in [0.2, 0.25) is 0 Å². The second-order valence-corrected chi connectivity index (χ2v) is 9.01. The molecule has 2 aromatic carbocycles. The molecule has 1 aliphatic rings. The molecule has 0 radical (unpaired) electrons. The van der Waals surface area contributed by atoms with Gasteiger partial charge in [-0.3, -0.25) is 4.79 Å². The van der Waals surface area contributed by atoms with Crippen molar-refractivity contribution in [2.45, 2.75) is 46.3 Å². The Bertz CT molecular complexity index is 1220. The molecule has 6 heteroatoms. The molecule has 0 unspecified atom stereocenters. The summed E-state index contributed by atoms with van der Waals surface area (Å²) >= 11 is 0.